The van der Waals surface area contributed by atoms with Crippen LogP contribution in [-0.2, 0) is 14.8 Å². The zero-order valence-electron chi connectivity index (χ0n) is 8.07. The lowest BCUT2D eigenvalue weighted by molar-refractivity contribution is -0.118. The van der Waals surface area contributed by atoms with Crippen molar-refractivity contribution in [2.24, 2.45) is 5.73 Å². The molecular weight excluding hydrogens is 228 g/mol. The number of amides is 1. The smallest absolute Gasteiger partial charge is 0.232 e. The van der Waals surface area contributed by atoms with E-state index in [1.165, 1.54) is 0 Å². The topological polar surface area (TPSA) is 80.5 Å². The fraction of sp³-hybridized carbons (Fsp3) is 0.857. The molecule has 7 heteroatoms. The summed E-state index contributed by atoms with van der Waals surface area (Å²) in [7, 11) is -3.53. The van der Waals surface area contributed by atoms with Gasteiger partial charge in [-0.15, -0.1) is 11.6 Å². The molecule has 0 spiro atoms. The Labute approximate surface area is 89.3 Å². The number of unbranched alkanes of at least 4 members (excludes halogenated alkanes) is 1. The molecule has 0 aromatic rings. The third kappa shape index (κ3) is 4.78. The van der Waals surface area contributed by atoms with Crippen LogP contribution in [0.4, 0.5) is 0 Å². The normalized spacial score (nSPS) is 11.9. The lowest BCUT2D eigenvalue weighted by Gasteiger charge is -2.18. The van der Waals surface area contributed by atoms with Crippen LogP contribution in [0.5, 0.6) is 0 Å². The predicted molar refractivity (Wildman–Crippen MR) is 55.3 cm³/mol. The van der Waals surface area contributed by atoms with Gasteiger partial charge in [-0.3, -0.25) is 4.79 Å². The summed E-state index contributed by atoms with van der Waals surface area (Å²) in [5, 5.41) is -0.524. The Morgan fingerprint density at radius 3 is 2.43 bits per heavy atom. The number of primary amides is 1. The molecule has 0 heterocycles. The Hall–Kier alpha value is -0.330. The molecule has 0 aromatic heterocycles. The van der Waals surface area contributed by atoms with Gasteiger partial charge >= 0.3 is 0 Å². The molecule has 0 atom stereocenters. The summed E-state index contributed by atoms with van der Waals surface area (Å²) in [5.74, 6) is -0.671. The number of nitrogens with two attached hydrogens (primary N) is 1. The van der Waals surface area contributed by atoms with Crippen molar-refractivity contribution in [1.29, 1.82) is 0 Å². The molecule has 0 aliphatic rings. The van der Waals surface area contributed by atoms with Crippen molar-refractivity contribution >= 4 is 27.5 Å². The molecule has 0 aromatic carbocycles. The fourth-order valence-corrected chi connectivity index (χ4v) is 2.18. The maximum atomic E-state index is 11.3. The van der Waals surface area contributed by atoms with Crippen LogP contribution in [0.3, 0.4) is 0 Å². The number of halogens is 1. The summed E-state index contributed by atoms with van der Waals surface area (Å²) in [4.78, 5) is 10.6. The molecule has 0 aliphatic heterocycles. The van der Waals surface area contributed by atoms with E-state index in [1.54, 1.807) is 0 Å². The molecule has 0 bridgehead atoms. The Morgan fingerprint density at radius 1 is 1.50 bits per heavy atom. The zero-order chi connectivity index (χ0) is 11.2. The van der Waals surface area contributed by atoms with Crippen LogP contribution in [0.25, 0.3) is 0 Å². The maximum absolute atomic E-state index is 11.3. The second-order valence-corrected chi connectivity index (χ2v) is 5.43. The van der Waals surface area contributed by atoms with Crippen LogP contribution in [-0.4, -0.2) is 36.9 Å². The minimum absolute atomic E-state index is 0.286. The predicted octanol–water partition coefficient (Wildman–Crippen LogP) is 0.0999. The summed E-state index contributed by atoms with van der Waals surface area (Å²) < 4.78 is 23.7. The number of alkyl halides is 1. The van der Waals surface area contributed by atoms with Gasteiger partial charge in [0.2, 0.25) is 15.9 Å². The largest absolute Gasteiger partial charge is 0.369 e. The molecule has 0 rings (SSSR count). The molecule has 0 unspecified atom stereocenters. The minimum atomic E-state index is -3.53. The van der Waals surface area contributed by atoms with Gasteiger partial charge in [-0.1, -0.05) is 13.3 Å². The second kappa shape index (κ2) is 6.21. The molecule has 0 saturated heterocycles. The van der Waals surface area contributed by atoms with E-state index in [1.807, 2.05) is 6.92 Å². The van der Waals surface area contributed by atoms with E-state index in [2.05, 4.69) is 0 Å². The summed E-state index contributed by atoms with van der Waals surface area (Å²) in [6, 6.07) is 0. The summed E-state index contributed by atoms with van der Waals surface area (Å²) in [6.45, 7) is 1.92. The molecule has 0 radical (unpaired) electrons. The van der Waals surface area contributed by atoms with E-state index in [0.717, 1.165) is 10.7 Å². The highest BCUT2D eigenvalue weighted by Gasteiger charge is 2.21. The van der Waals surface area contributed by atoms with Gasteiger partial charge in [0.1, 0.15) is 5.21 Å². The van der Waals surface area contributed by atoms with Crippen molar-refractivity contribution in [2.45, 2.75) is 19.8 Å². The van der Waals surface area contributed by atoms with E-state index >= 15 is 0 Å². The highest BCUT2D eigenvalue weighted by atomic mass is 35.5. The number of hydrogen-bond acceptors (Lipinski definition) is 3. The van der Waals surface area contributed by atoms with Crippen LogP contribution in [0.2, 0.25) is 0 Å². The van der Waals surface area contributed by atoms with E-state index in [4.69, 9.17) is 17.3 Å². The third-order valence-electron chi connectivity index (χ3n) is 1.62. The van der Waals surface area contributed by atoms with Crippen molar-refractivity contribution < 1.29 is 13.2 Å². The van der Waals surface area contributed by atoms with Gasteiger partial charge in [0.15, 0.2) is 0 Å². The average Bonchev–Trinajstić information content (AvgIpc) is 2.11. The zero-order valence-corrected chi connectivity index (χ0v) is 9.64. The number of carbonyl (C=O) groups excluding carboxylic acids is 1. The first-order valence-corrected chi connectivity index (χ1v) is 6.40. The van der Waals surface area contributed by atoms with Gasteiger partial charge in [-0.25, -0.2) is 8.42 Å². The molecule has 0 saturated carbocycles. The lowest BCUT2D eigenvalue weighted by Crippen LogP contribution is -2.39. The SMILES string of the molecule is CCCCN(CC(N)=O)S(=O)(=O)CCl. The monoisotopic (exact) mass is 242 g/mol. The molecule has 2 N–H and O–H groups in total. The number of hydrogen-bond donors (Lipinski definition) is 1. The van der Waals surface area contributed by atoms with Crippen LogP contribution in [0.1, 0.15) is 19.8 Å². The van der Waals surface area contributed by atoms with Gasteiger partial charge in [0.25, 0.3) is 0 Å². The van der Waals surface area contributed by atoms with Crippen molar-refractivity contribution in [3.05, 3.63) is 0 Å². The molecular formula is C7H15ClN2O3S. The van der Waals surface area contributed by atoms with Gasteiger partial charge in [-0.2, -0.15) is 4.31 Å². The van der Waals surface area contributed by atoms with Gasteiger partial charge in [0.05, 0.1) is 6.54 Å². The number of nitrogens with zero attached hydrogens (tertiary/aromatic N) is 1. The summed E-state index contributed by atoms with van der Waals surface area (Å²) in [6.07, 6.45) is 1.52. The van der Waals surface area contributed by atoms with Gasteiger partial charge < -0.3 is 5.73 Å². The quantitative estimate of drug-likeness (QED) is 0.643. The first kappa shape index (κ1) is 13.7. The minimum Gasteiger partial charge on any atom is -0.369 e. The molecule has 84 valence electrons. The molecule has 0 aliphatic carbocycles. The number of sulfonamides is 1. The van der Waals surface area contributed by atoms with Crippen molar-refractivity contribution in [2.75, 3.05) is 18.3 Å². The highest BCUT2D eigenvalue weighted by Crippen LogP contribution is 2.05. The van der Waals surface area contributed by atoms with E-state index in [-0.39, 0.29) is 13.1 Å². The molecule has 14 heavy (non-hydrogen) atoms. The first-order valence-electron chi connectivity index (χ1n) is 4.26. The summed E-state index contributed by atoms with van der Waals surface area (Å²) in [5.41, 5.74) is 4.93. The standard InChI is InChI=1S/C7H15ClN2O3S/c1-2-3-4-10(5-7(9)11)14(12,13)6-8/h2-6H2,1H3,(H2,9,11). The van der Waals surface area contributed by atoms with Crippen molar-refractivity contribution in [1.82, 2.24) is 4.31 Å². The van der Waals surface area contributed by atoms with E-state index in [9.17, 15) is 13.2 Å². The maximum Gasteiger partial charge on any atom is 0.232 e. The lowest BCUT2D eigenvalue weighted by atomic mass is 10.3. The Balaban J connectivity index is 4.46. The Kier molecular flexibility index (Phi) is 6.06. The highest BCUT2D eigenvalue weighted by molar-refractivity contribution is 7.90. The van der Waals surface area contributed by atoms with Gasteiger partial charge in [0, 0.05) is 6.54 Å². The van der Waals surface area contributed by atoms with E-state index in [0.29, 0.717) is 6.42 Å². The van der Waals surface area contributed by atoms with Crippen molar-refractivity contribution in [3.63, 3.8) is 0 Å². The second-order valence-electron chi connectivity index (χ2n) is 2.87. The fourth-order valence-electron chi connectivity index (χ4n) is 0.894. The van der Waals surface area contributed by atoms with Crippen molar-refractivity contribution in [3.8, 4) is 0 Å². The number of rotatable bonds is 7. The molecule has 0 fully saturated rings. The Morgan fingerprint density at radius 2 is 2.07 bits per heavy atom. The van der Waals surface area contributed by atoms with Crippen LogP contribution >= 0.6 is 11.6 Å². The average molecular weight is 243 g/mol. The Bertz CT molecular complexity index is 279. The molecule has 5 nitrogen and oxygen atoms in total. The van der Waals surface area contributed by atoms with Crippen LogP contribution in [0.15, 0.2) is 0 Å². The molecule has 1 amide bonds. The third-order valence-corrected chi connectivity index (χ3v) is 3.83. The van der Waals surface area contributed by atoms with Gasteiger partial charge in [-0.05, 0) is 6.42 Å². The van der Waals surface area contributed by atoms with Crippen LogP contribution < -0.4 is 5.73 Å². The van der Waals surface area contributed by atoms with Crippen LogP contribution in [0, 0.1) is 0 Å². The number of carbonyl (C=O) groups is 1. The first-order chi connectivity index (χ1) is 6.44. The van der Waals surface area contributed by atoms with E-state index < -0.39 is 21.1 Å². The summed E-state index contributed by atoms with van der Waals surface area (Å²) >= 11 is 5.27.